The minimum Gasteiger partial charge on any atom is -0.302 e. The van der Waals surface area contributed by atoms with E-state index in [4.69, 9.17) is 0 Å². The van der Waals surface area contributed by atoms with Crippen molar-refractivity contribution in [3.63, 3.8) is 0 Å². The van der Waals surface area contributed by atoms with E-state index in [0.29, 0.717) is 25.7 Å². The van der Waals surface area contributed by atoms with Crippen LogP contribution in [-0.2, 0) is 4.79 Å². The Labute approximate surface area is 178 Å². The molecule has 1 unspecified atom stereocenters. The van der Waals surface area contributed by atoms with Crippen LogP contribution in [0.15, 0.2) is 40.2 Å². The first kappa shape index (κ1) is 20.1. The molecule has 1 aliphatic heterocycles. The highest BCUT2D eigenvalue weighted by Gasteiger charge is 2.43. The number of benzene rings is 1. The highest BCUT2D eigenvalue weighted by Crippen LogP contribution is 2.37. The van der Waals surface area contributed by atoms with Gasteiger partial charge in [-0.15, -0.1) is 22.7 Å². The normalized spacial score (nSPS) is 16.7. The number of halogens is 4. The highest BCUT2D eigenvalue weighted by molar-refractivity contribution is 9.10. The van der Waals surface area contributed by atoms with Crippen LogP contribution in [0.5, 0.6) is 0 Å². The fourth-order valence-corrected chi connectivity index (χ4v) is 5.32. The third-order valence-electron chi connectivity index (χ3n) is 4.33. The Balaban J connectivity index is 1.78. The maximum absolute atomic E-state index is 15.1. The van der Waals surface area contributed by atoms with Gasteiger partial charge in [-0.25, -0.2) is 8.78 Å². The van der Waals surface area contributed by atoms with Crippen LogP contribution >= 0.6 is 38.6 Å². The van der Waals surface area contributed by atoms with Crippen LogP contribution in [0, 0.1) is 16.8 Å². The smallest absolute Gasteiger partial charge is 0.268 e. The summed E-state index contributed by atoms with van der Waals surface area (Å²) < 4.78 is 43.5. The number of thiophene rings is 2. The number of amides is 2. The second-order valence-corrected chi connectivity index (χ2v) is 8.99. The van der Waals surface area contributed by atoms with Crippen LogP contribution in [-0.4, -0.2) is 33.5 Å². The van der Waals surface area contributed by atoms with Gasteiger partial charge in [-0.1, -0.05) is 0 Å². The number of nitrogens with zero attached hydrogens (tertiary/aromatic N) is 2. The predicted molar refractivity (Wildman–Crippen MR) is 104 cm³/mol. The van der Waals surface area contributed by atoms with E-state index < -0.39 is 46.9 Å². The zero-order chi connectivity index (χ0) is 20.9. The molecule has 3 heterocycles. The van der Waals surface area contributed by atoms with Gasteiger partial charge in [0.15, 0.2) is 11.3 Å². The van der Waals surface area contributed by atoms with E-state index in [9.17, 15) is 23.6 Å². The third-order valence-corrected chi connectivity index (χ3v) is 6.98. The van der Waals surface area contributed by atoms with Crippen molar-refractivity contribution in [1.82, 2.24) is 9.96 Å². The first-order valence-electron chi connectivity index (χ1n) is 8.07. The fraction of sp³-hybridized carbons (Fsp3) is 0.111. The van der Waals surface area contributed by atoms with Crippen molar-refractivity contribution in [3.05, 3.63) is 67.4 Å². The second-order valence-electron chi connectivity index (χ2n) is 6.10. The Morgan fingerprint density at radius 3 is 2.59 bits per heavy atom. The van der Waals surface area contributed by atoms with E-state index in [0.717, 1.165) is 34.4 Å². The molecule has 1 aromatic carbocycles. The van der Waals surface area contributed by atoms with Crippen LogP contribution in [0.4, 0.5) is 13.2 Å². The summed E-state index contributed by atoms with van der Waals surface area (Å²) in [6.45, 7) is -0.549. The maximum Gasteiger partial charge on any atom is 0.268 e. The number of hydroxylamine groups is 2. The van der Waals surface area contributed by atoms with Crippen molar-refractivity contribution in [2.75, 3.05) is 6.54 Å². The summed E-state index contributed by atoms with van der Waals surface area (Å²) in [5, 5.41) is 11.6. The van der Waals surface area contributed by atoms with Crippen LogP contribution in [0.2, 0.25) is 0 Å². The van der Waals surface area contributed by atoms with Gasteiger partial charge in [0.1, 0.15) is 23.7 Å². The van der Waals surface area contributed by atoms with Crippen molar-refractivity contribution >= 4 is 50.4 Å². The van der Waals surface area contributed by atoms with E-state index in [1.54, 1.807) is 11.4 Å². The monoisotopic (exact) mass is 502 g/mol. The van der Waals surface area contributed by atoms with E-state index in [-0.39, 0.29) is 10.4 Å². The average Bonchev–Trinajstić information content (AvgIpc) is 3.35. The lowest BCUT2D eigenvalue weighted by Crippen LogP contribution is -2.35. The summed E-state index contributed by atoms with van der Waals surface area (Å²) in [5.74, 6) is -4.17. The molecule has 2 amide bonds. The molecule has 0 spiro atoms. The maximum atomic E-state index is 15.1. The lowest BCUT2D eigenvalue weighted by Gasteiger charge is -2.25. The molecular formula is C18H10BrF3N2O3S2. The largest absolute Gasteiger partial charge is 0.302 e. The number of carbonyl (C=O) groups excluding carboxylic acids is 2. The quantitative estimate of drug-likeness (QED) is 0.511. The van der Waals surface area contributed by atoms with Gasteiger partial charge < -0.3 is 4.90 Å². The van der Waals surface area contributed by atoms with E-state index in [1.165, 1.54) is 6.07 Å². The molecule has 1 fully saturated rings. The first-order valence-corrected chi connectivity index (χ1v) is 10.6. The molecule has 2 aromatic heterocycles. The Kier molecular flexibility index (Phi) is 5.23. The standard InChI is InChI=1S/C18H10BrF3N2O3S2/c19-8-5-12(28-7-8)17-23(6-14(25)24(17)27)18(26)15-10(20)2-1-9(16(15)22)11-3-4-13(21)29-11/h1-5,7,17,27H,6H2. The van der Waals surface area contributed by atoms with E-state index >= 15 is 4.39 Å². The molecular weight excluding hydrogens is 493 g/mol. The molecule has 3 aromatic rings. The molecule has 0 radical (unpaired) electrons. The van der Waals surface area contributed by atoms with Gasteiger partial charge in [-0.05, 0) is 46.3 Å². The average molecular weight is 503 g/mol. The fourth-order valence-electron chi connectivity index (χ4n) is 3.04. The van der Waals surface area contributed by atoms with Crippen molar-refractivity contribution in [1.29, 1.82) is 0 Å². The molecule has 1 N–H and O–H groups in total. The van der Waals surface area contributed by atoms with Crippen molar-refractivity contribution in [2.45, 2.75) is 6.17 Å². The molecule has 5 nitrogen and oxygen atoms in total. The number of hydrogen-bond acceptors (Lipinski definition) is 5. The summed E-state index contributed by atoms with van der Waals surface area (Å²) in [6.07, 6.45) is -1.21. The summed E-state index contributed by atoms with van der Waals surface area (Å²) in [4.78, 5) is 26.6. The number of hydrogen-bond donors (Lipinski definition) is 1. The molecule has 1 saturated heterocycles. The van der Waals surface area contributed by atoms with E-state index in [2.05, 4.69) is 15.9 Å². The molecule has 1 aliphatic rings. The lowest BCUT2D eigenvalue weighted by molar-refractivity contribution is -0.168. The molecule has 11 heteroatoms. The molecule has 0 bridgehead atoms. The van der Waals surface area contributed by atoms with Gasteiger partial charge in [-0.2, -0.15) is 9.45 Å². The van der Waals surface area contributed by atoms with Gasteiger partial charge in [0.2, 0.25) is 0 Å². The van der Waals surface area contributed by atoms with Crippen molar-refractivity contribution in [3.8, 4) is 10.4 Å². The SMILES string of the molecule is O=C1CN(C(=O)c2c(F)ccc(-c3ccc(F)s3)c2F)C(c2cc(Br)cs2)N1O. The number of rotatable bonds is 3. The van der Waals surface area contributed by atoms with Gasteiger partial charge in [0.25, 0.3) is 11.8 Å². The topological polar surface area (TPSA) is 60.9 Å². The molecule has 0 aliphatic carbocycles. The van der Waals surface area contributed by atoms with Crippen LogP contribution in [0.25, 0.3) is 10.4 Å². The van der Waals surface area contributed by atoms with Crippen LogP contribution in [0.3, 0.4) is 0 Å². The van der Waals surface area contributed by atoms with Gasteiger partial charge >= 0.3 is 0 Å². The minimum atomic E-state index is -1.21. The van der Waals surface area contributed by atoms with Crippen molar-refractivity contribution < 1.29 is 28.0 Å². The Morgan fingerprint density at radius 1 is 1.21 bits per heavy atom. The minimum absolute atomic E-state index is 0.134. The van der Waals surface area contributed by atoms with Crippen LogP contribution < -0.4 is 0 Å². The highest BCUT2D eigenvalue weighted by atomic mass is 79.9. The van der Waals surface area contributed by atoms with E-state index in [1.807, 2.05) is 0 Å². The van der Waals surface area contributed by atoms with Crippen molar-refractivity contribution in [2.24, 2.45) is 0 Å². The van der Waals surface area contributed by atoms with Gasteiger partial charge in [-0.3, -0.25) is 14.8 Å². The lowest BCUT2D eigenvalue weighted by atomic mass is 10.1. The first-order chi connectivity index (χ1) is 13.8. The zero-order valence-corrected chi connectivity index (χ0v) is 17.5. The zero-order valence-electron chi connectivity index (χ0n) is 14.2. The summed E-state index contributed by atoms with van der Waals surface area (Å²) >= 11 is 5.06. The molecule has 4 rings (SSSR count). The van der Waals surface area contributed by atoms with Gasteiger partial charge in [0.05, 0.1) is 4.88 Å². The second kappa shape index (κ2) is 7.56. The predicted octanol–water partition coefficient (Wildman–Crippen LogP) is 5.03. The number of carbonyl (C=O) groups is 2. The Morgan fingerprint density at radius 2 is 1.97 bits per heavy atom. The third kappa shape index (κ3) is 3.48. The molecule has 1 atom stereocenters. The molecule has 0 saturated carbocycles. The van der Waals surface area contributed by atoms with Gasteiger partial charge in [0, 0.05) is 20.3 Å². The van der Waals surface area contributed by atoms with Crippen LogP contribution in [0.1, 0.15) is 21.4 Å². The molecule has 150 valence electrons. The molecule has 29 heavy (non-hydrogen) atoms. The summed E-state index contributed by atoms with van der Waals surface area (Å²) in [6, 6.07) is 6.08. The Hall–Kier alpha value is -2.21. The Bertz CT molecular complexity index is 1130. The summed E-state index contributed by atoms with van der Waals surface area (Å²) in [5.41, 5.74) is -1.01. The summed E-state index contributed by atoms with van der Waals surface area (Å²) in [7, 11) is 0.